The molecule has 3 aromatic heterocycles. The fourth-order valence-corrected chi connectivity index (χ4v) is 4.39. The van der Waals surface area contributed by atoms with E-state index in [2.05, 4.69) is 34.2 Å². The molecule has 29 heavy (non-hydrogen) atoms. The molecule has 4 rings (SSSR count). The molecule has 0 N–H and O–H groups in total. The SMILES string of the molecule is CC(C)Cn1c(S[C@@H](C)c2nnc(-c3cccs3)o2)nnc1-c1ccccc1F. The highest BCUT2D eigenvalue weighted by atomic mass is 32.2. The molecule has 0 saturated heterocycles. The molecular weight excluding hydrogens is 409 g/mol. The number of hydrogen-bond acceptors (Lipinski definition) is 7. The number of rotatable bonds is 7. The Bertz CT molecular complexity index is 1090. The quantitative estimate of drug-likeness (QED) is 0.351. The van der Waals surface area contributed by atoms with E-state index in [1.165, 1.54) is 17.8 Å². The normalized spacial score (nSPS) is 12.6. The van der Waals surface area contributed by atoms with Crippen molar-refractivity contribution in [1.29, 1.82) is 0 Å². The Morgan fingerprint density at radius 2 is 1.90 bits per heavy atom. The Labute approximate surface area is 176 Å². The molecule has 0 saturated carbocycles. The van der Waals surface area contributed by atoms with E-state index in [4.69, 9.17) is 4.42 Å². The van der Waals surface area contributed by atoms with Crippen LogP contribution in [0.15, 0.2) is 51.4 Å². The molecule has 1 aromatic carbocycles. The van der Waals surface area contributed by atoms with Gasteiger partial charge in [0, 0.05) is 6.54 Å². The second-order valence-corrected chi connectivity index (χ2v) is 9.23. The van der Waals surface area contributed by atoms with Gasteiger partial charge < -0.3 is 8.98 Å². The van der Waals surface area contributed by atoms with Gasteiger partial charge in [-0.25, -0.2) is 4.39 Å². The van der Waals surface area contributed by atoms with Gasteiger partial charge in [-0.05, 0) is 36.4 Å². The van der Waals surface area contributed by atoms with E-state index >= 15 is 0 Å². The van der Waals surface area contributed by atoms with Crippen LogP contribution in [0.3, 0.4) is 0 Å². The van der Waals surface area contributed by atoms with Crippen molar-refractivity contribution in [3.05, 3.63) is 53.5 Å². The van der Waals surface area contributed by atoms with Gasteiger partial charge in [-0.3, -0.25) is 0 Å². The molecule has 1 atom stereocenters. The van der Waals surface area contributed by atoms with Crippen LogP contribution in [0.1, 0.15) is 31.9 Å². The fraction of sp³-hybridized carbons (Fsp3) is 0.300. The summed E-state index contributed by atoms with van der Waals surface area (Å²) in [4.78, 5) is 0.936. The molecule has 0 aliphatic carbocycles. The van der Waals surface area contributed by atoms with Gasteiger partial charge >= 0.3 is 0 Å². The first kappa shape index (κ1) is 19.8. The molecular formula is C20H20FN5OS2. The first-order valence-electron chi connectivity index (χ1n) is 9.25. The number of thiophene rings is 1. The lowest BCUT2D eigenvalue weighted by Gasteiger charge is -2.14. The minimum atomic E-state index is -0.313. The molecule has 150 valence electrons. The molecule has 0 bridgehead atoms. The van der Waals surface area contributed by atoms with E-state index in [1.807, 2.05) is 29.0 Å². The van der Waals surface area contributed by atoms with Gasteiger partial charge in [0.15, 0.2) is 11.0 Å². The topological polar surface area (TPSA) is 69.6 Å². The van der Waals surface area contributed by atoms with E-state index < -0.39 is 0 Å². The van der Waals surface area contributed by atoms with Gasteiger partial charge in [0.05, 0.1) is 15.7 Å². The summed E-state index contributed by atoms with van der Waals surface area (Å²) in [6.45, 7) is 6.87. The second kappa shape index (κ2) is 8.46. The summed E-state index contributed by atoms with van der Waals surface area (Å²) >= 11 is 3.02. The van der Waals surface area contributed by atoms with Crippen molar-refractivity contribution >= 4 is 23.1 Å². The molecule has 0 amide bonds. The first-order chi connectivity index (χ1) is 14.0. The number of nitrogens with zero attached hydrogens (tertiary/aromatic N) is 5. The largest absolute Gasteiger partial charge is 0.419 e. The van der Waals surface area contributed by atoms with Gasteiger partial charge in [0.2, 0.25) is 5.89 Å². The van der Waals surface area contributed by atoms with Crippen molar-refractivity contribution < 1.29 is 8.81 Å². The Morgan fingerprint density at radius 1 is 1.07 bits per heavy atom. The van der Waals surface area contributed by atoms with Crippen LogP contribution in [0.5, 0.6) is 0 Å². The summed E-state index contributed by atoms with van der Waals surface area (Å²) in [7, 11) is 0. The molecule has 0 aliphatic rings. The summed E-state index contributed by atoms with van der Waals surface area (Å²) in [6, 6.07) is 10.5. The van der Waals surface area contributed by atoms with Crippen LogP contribution in [0.25, 0.3) is 22.2 Å². The maximum Gasteiger partial charge on any atom is 0.257 e. The van der Waals surface area contributed by atoms with Crippen LogP contribution in [-0.2, 0) is 6.54 Å². The summed E-state index contributed by atoms with van der Waals surface area (Å²) in [5.74, 6) is 1.59. The predicted octanol–water partition coefficient (Wildman–Crippen LogP) is 5.71. The summed E-state index contributed by atoms with van der Waals surface area (Å²) in [5.41, 5.74) is 0.443. The Hall–Kier alpha value is -2.52. The Kier molecular flexibility index (Phi) is 5.77. The monoisotopic (exact) mass is 429 g/mol. The molecule has 0 fully saturated rings. The van der Waals surface area contributed by atoms with E-state index in [0.29, 0.717) is 40.8 Å². The number of aromatic nitrogens is 5. The fourth-order valence-electron chi connectivity index (χ4n) is 2.85. The van der Waals surface area contributed by atoms with Crippen LogP contribution in [0, 0.1) is 11.7 Å². The van der Waals surface area contributed by atoms with E-state index in [-0.39, 0.29) is 11.1 Å². The van der Waals surface area contributed by atoms with Gasteiger partial charge in [0.25, 0.3) is 5.89 Å². The minimum absolute atomic E-state index is 0.125. The number of thioether (sulfide) groups is 1. The Morgan fingerprint density at radius 3 is 2.62 bits per heavy atom. The highest BCUT2D eigenvalue weighted by Crippen LogP contribution is 2.36. The molecule has 6 nitrogen and oxygen atoms in total. The third kappa shape index (κ3) is 4.25. The smallest absolute Gasteiger partial charge is 0.257 e. The van der Waals surface area contributed by atoms with E-state index in [1.54, 1.807) is 29.5 Å². The van der Waals surface area contributed by atoms with Crippen molar-refractivity contribution in [1.82, 2.24) is 25.0 Å². The van der Waals surface area contributed by atoms with Crippen LogP contribution in [0.4, 0.5) is 4.39 Å². The number of hydrogen-bond donors (Lipinski definition) is 0. The molecule has 9 heteroatoms. The highest BCUT2D eigenvalue weighted by molar-refractivity contribution is 7.99. The zero-order valence-electron chi connectivity index (χ0n) is 16.2. The zero-order chi connectivity index (χ0) is 20.4. The van der Waals surface area contributed by atoms with Crippen molar-refractivity contribution in [2.24, 2.45) is 5.92 Å². The first-order valence-corrected chi connectivity index (χ1v) is 11.0. The van der Waals surface area contributed by atoms with Crippen molar-refractivity contribution in [2.45, 2.75) is 37.7 Å². The van der Waals surface area contributed by atoms with Gasteiger partial charge in [-0.2, -0.15) is 0 Å². The van der Waals surface area contributed by atoms with Gasteiger partial charge in [-0.15, -0.1) is 31.7 Å². The highest BCUT2D eigenvalue weighted by Gasteiger charge is 2.23. The average molecular weight is 430 g/mol. The van der Waals surface area contributed by atoms with Crippen LogP contribution < -0.4 is 0 Å². The van der Waals surface area contributed by atoms with Crippen LogP contribution in [0.2, 0.25) is 0 Å². The van der Waals surface area contributed by atoms with Gasteiger partial charge in [-0.1, -0.05) is 43.8 Å². The molecule has 4 aromatic rings. The van der Waals surface area contributed by atoms with E-state index in [0.717, 1.165) is 4.88 Å². The lowest BCUT2D eigenvalue weighted by Crippen LogP contribution is -2.09. The van der Waals surface area contributed by atoms with E-state index in [9.17, 15) is 4.39 Å². The van der Waals surface area contributed by atoms with Crippen molar-refractivity contribution in [3.63, 3.8) is 0 Å². The standard InChI is InChI=1S/C20H20FN5OS2/c1-12(2)11-26-17(14-7-4-5-8-15(14)21)22-25-20(26)29-13(3)18-23-24-19(27-18)16-9-6-10-28-16/h4-10,12-13H,11H2,1-3H3/t13-/m0/s1. The van der Waals surface area contributed by atoms with Crippen LogP contribution >= 0.6 is 23.1 Å². The third-order valence-electron chi connectivity index (χ3n) is 4.18. The molecule has 3 heterocycles. The average Bonchev–Trinajstić information content (AvgIpc) is 3.43. The minimum Gasteiger partial charge on any atom is -0.419 e. The zero-order valence-corrected chi connectivity index (χ0v) is 17.9. The summed E-state index contributed by atoms with van der Waals surface area (Å²) < 4.78 is 22.1. The maximum atomic E-state index is 14.3. The molecule has 0 unspecified atom stereocenters. The van der Waals surface area contributed by atoms with Crippen molar-refractivity contribution in [2.75, 3.05) is 0 Å². The number of benzene rings is 1. The van der Waals surface area contributed by atoms with Crippen molar-refractivity contribution in [3.8, 4) is 22.2 Å². The second-order valence-electron chi connectivity index (χ2n) is 6.97. The predicted molar refractivity (Wildman–Crippen MR) is 112 cm³/mol. The summed E-state index contributed by atoms with van der Waals surface area (Å²) in [6.07, 6.45) is 0. The molecule has 0 radical (unpaired) electrons. The molecule has 0 aliphatic heterocycles. The van der Waals surface area contributed by atoms with Crippen LogP contribution in [-0.4, -0.2) is 25.0 Å². The third-order valence-corrected chi connectivity index (χ3v) is 6.11. The maximum absolute atomic E-state index is 14.3. The van der Waals surface area contributed by atoms with Gasteiger partial charge in [0.1, 0.15) is 5.82 Å². The number of halogens is 1. The Balaban J connectivity index is 1.62. The molecule has 0 spiro atoms. The lowest BCUT2D eigenvalue weighted by atomic mass is 10.2. The summed E-state index contributed by atoms with van der Waals surface area (Å²) in [5, 5.41) is 19.5. The lowest BCUT2D eigenvalue weighted by molar-refractivity contribution is 0.493.